The van der Waals surface area contributed by atoms with Crippen LogP contribution in [0.3, 0.4) is 0 Å². The van der Waals surface area contributed by atoms with Crippen molar-refractivity contribution in [3.8, 4) is 0 Å². The van der Waals surface area contributed by atoms with Crippen molar-refractivity contribution in [2.24, 2.45) is 5.92 Å². The van der Waals surface area contributed by atoms with E-state index in [-0.39, 0.29) is 17.4 Å². The van der Waals surface area contributed by atoms with Crippen LogP contribution < -0.4 is 5.32 Å². The molecule has 1 aliphatic heterocycles. The van der Waals surface area contributed by atoms with Crippen molar-refractivity contribution in [1.29, 1.82) is 0 Å². The van der Waals surface area contributed by atoms with Gasteiger partial charge in [-0.05, 0) is 47.7 Å². The van der Waals surface area contributed by atoms with Gasteiger partial charge in [0, 0.05) is 25.2 Å². The molecular weight excluding hydrogens is 367 g/mol. The first-order valence-corrected chi connectivity index (χ1v) is 9.93. The Labute approximate surface area is 169 Å². The third kappa shape index (κ3) is 4.14. The number of carbonyl (C=O) groups excluding carboxylic acids is 2. The Kier molecular flexibility index (Phi) is 5.56. The fourth-order valence-corrected chi connectivity index (χ4v) is 3.90. The molecule has 1 aliphatic rings. The molecule has 148 valence electrons. The van der Waals surface area contributed by atoms with Crippen molar-refractivity contribution in [1.82, 2.24) is 10.2 Å². The molecule has 4 rings (SSSR count). The number of rotatable bonds is 4. The summed E-state index contributed by atoms with van der Waals surface area (Å²) in [6.45, 7) is 1.72. The molecule has 2 amide bonds. The third-order valence-corrected chi connectivity index (χ3v) is 5.59. The molecule has 1 fully saturated rings. The van der Waals surface area contributed by atoms with E-state index < -0.39 is 5.82 Å². The lowest BCUT2D eigenvalue weighted by Gasteiger charge is -2.32. The molecule has 4 nitrogen and oxygen atoms in total. The van der Waals surface area contributed by atoms with Crippen LogP contribution >= 0.6 is 0 Å². The summed E-state index contributed by atoms with van der Waals surface area (Å²) in [5.74, 6) is -0.520. The minimum absolute atomic E-state index is 0.0772. The van der Waals surface area contributed by atoms with Gasteiger partial charge < -0.3 is 10.2 Å². The Morgan fingerprint density at radius 1 is 0.897 bits per heavy atom. The highest BCUT2D eigenvalue weighted by Gasteiger charge is 2.25. The van der Waals surface area contributed by atoms with E-state index in [0.29, 0.717) is 31.1 Å². The molecule has 3 aromatic carbocycles. The first kappa shape index (κ1) is 19.1. The van der Waals surface area contributed by atoms with Crippen LogP contribution in [0.4, 0.5) is 4.39 Å². The van der Waals surface area contributed by atoms with E-state index in [1.165, 1.54) is 12.1 Å². The zero-order chi connectivity index (χ0) is 20.2. The first-order chi connectivity index (χ1) is 14.1. The maximum atomic E-state index is 13.9. The third-order valence-electron chi connectivity index (χ3n) is 5.59. The average Bonchev–Trinajstić information content (AvgIpc) is 2.77. The number of piperidine rings is 1. The molecule has 0 atom stereocenters. The smallest absolute Gasteiger partial charge is 0.256 e. The van der Waals surface area contributed by atoms with Crippen molar-refractivity contribution in [2.45, 2.75) is 12.8 Å². The number of amides is 2. The largest absolute Gasteiger partial charge is 0.352 e. The number of nitrogens with zero attached hydrogens (tertiary/aromatic N) is 1. The van der Waals surface area contributed by atoms with Gasteiger partial charge >= 0.3 is 0 Å². The SMILES string of the molecule is O=C(NCC1CCN(C(=O)c2ccccc2F)CC1)c1cccc2ccccc12. The second-order valence-corrected chi connectivity index (χ2v) is 7.45. The molecule has 29 heavy (non-hydrogen) atoms. The van der Waals surface area contributed by atoms with Crippen LogP contribution in [0.1, 0.15) is 33.6 Å². The molecule has 0 bridgehead atoms. The van der Waals surface area contributed by atoms with Crippen molar-refractivity contribution in [3.05, 3.63) is 83.7 Å². The van der Waals surface area contributed by atoms with Crippen LogP contribution in [0, 0.1) is 11.7 Å². The van der Waals surface area contributed by atoms with Gasteiger partial charge in [-0.2, -0.15) is 0 Å². The molecular formula is C24H23FN2O2. The number of benzene rings is 3. The van der Waals surface area contributed by atoms with Crippen molar-refractivity contribution in [3.63, 3.8) is 0 Å². The Bertz CT molecular complexity index is 1040. The van der Waals surface area contributed by atoms with Gasteiger partial charge in [-0.15, -0.1) is 0 Å². The molecule has 0 unspecified atom stereocenters. The van der Waals surface area contributed by atoms with Crippen molar-refractivity contribution >= 4 is 22.6 Å². The molecule has 0 radical (unpaired) electrons. The fraction of sp³-hybridized carbons (Fsp3) is 0.250. The van der Waals surface area contributed by atoms with Gasteiger partial charge in [-0.3, -0.25) is 9.59 Å². The van der Waals surface area contributed by atoms with Gasteiger partial charge in [-0.1, -0.05) is 48.5 Å². The summed E-state index contributed by atoms with van der Waals surface area (Å²) < 4.78 is 13.9. The molecule has 0 aromatic heterocycles. The summed E-state index contributed by atoms with van der Waals surface area (Å²) in [5.41, 5.74) is 0.797. The van der Waals surface area contributed by atoms with Gasteiger partial charge in [0.15, 0.2) is 0 Å². The number of nitrogens with one attached hydrogen (secondary N) is 1. The Morgan fingerprint density at radius 3 is 2.34 bits per heavy atom. The molecule has 1 saturated heterocycles. The van der Waals surface area contributed by atoms with E-state index in [1.807, 2.05) is 42.5 Å². The normalized spacial score (nSPS) is 14.7. The van der Waals surface area contributed by atoms with E-state index in [0.717, 1.165) is 23.6 Å². The van der Waals surface area contributed by atoms with Crippen LogP contribution in [-0.2, 0) is 0 Å². The standard InChI is InChI=1S/C24H23FN2O2/c25-22-11-4-3-9-21(22)24(29)27-14-12-17(13-15-27)16-26-23(28)20-10-5-7-18-6-1-2-8-19(18)20/h1-11,17H,12-16H2,(H,26,28). The van der Waals surface area contributed by atoms with Crippen LogP contribution in [-0.4, -0.2) is 36.3 Å². The van der Waals surface area contributed by atoms with E-state index in [9.17, 15) is 14.0 Å². The minimum atomic E-state index is -0.484. The van der Waals surface area contributed by atoms with Crippen LogP contribution in [0.15, 0.2) is 66.7 Å². The molecule has 3 aromatic rings. The summed E-state index contributed by atoms with van der Waals surface area (Å²) in [4.78, 5) is 26.9. The topological polar surface area (TPSA) is 49.4 Å². The zero-order valence-corrected chi connectivity index (χ0v) is 16.1. The van der Waals surface area contributed by atoms with E-state index in [1.54, 1.807) is 17.0 Å². The second kappa shape index (κ2) is 8.43. The highest BCUT2D eigenvalue weighted by molar-refractivity contribution is 6.07. The van der Waals surface area contributed by atoms with Crippen LogP contribution in [0.25, 0.3) is 10.8 Å². The average molecular weight is 390 g/mol. The lowest BCUT2D eigenvalue weighted by atomic mass is 9.96. The minimum Gasteiger partial charge on any atom is -0.352 e. The molecule has 0 aliphatic carbocycles. The number of hydrogen-bond acceptors (Lipinski definition) is 2. The van der Waals surface area contributed by atoms with Crippen LogP contribution in [0.2, 0.25) is 0 Å². The molecule has 1 N–H and O–H groups in total. The van der Waals surface area contributed by atoms with Crippen molar-refractivity contribution in [2.75, 3.05) is 19.6 Å². The Morgan fingerprint density at radius 2 is 1.55 bits per heavy atom. The number of fused-ring (bicyclic) bond motifs is 1. The zero-order valence-electron chi connectivity index (χ0n) is 16.1. The number of hydrogen-bond donors (Lipinski definition) is 1. The quantitative estimate of drug-likeness (QED) is 0.724. The Hall–Kier alpha value is -3.21. The molecule has 1 heterocycles. The number of halogens is 1. The van der Waals surface area contributed by atoms with E-state index in [4.69, 9.17) is 0 Å². The monoisotopic (exact) mass is 390 g/mol. The highest BCUT2D eigenvalue weighted by atomic mass is 19.1. The number of carbonyl (C=O) groups is 2. The Balaban J connectivity index is 1.33. The van der Waals surface area contributed by atoms with Gasteiger partial charge in [-0.25, -0.2) is 4.39 Å². The molecule has 0 spiro atoms. The van der Waals surface area contributed by atoms with Gasteiger partial charge in [0.2, 0.25) is 0 Å². The van der Waals surface area contributed by atoms with E-state index >= 15 is 0 Å². The van der Waals surface area contributed by atoms with Gasteiger partial charge in [0.05, 0.1) is 5.56 Å². The predicted octanol–water partition coefficient (Wildman–Crippen LogP) is 4.26. The summed E-state index contributed by atoms with van der Waals surface area (Å²) in [5, 5.41) is 5.03. The molecule has 5 heteroatoms. The maximum absolute atomic E-state index is 13.9. The summed E-state index contributed by atoms with van der Waals surface area (Å²) in [6.07, 6.45) is 1.58. The van der Waals surface area contributed by atoms with Crippen LogP contribution in [0.5, 0.6) is 0 Å². The first-order valence-electron chi connectivity index (χ1n) is 9.93. The fourth-order valence-electron chi connectivity index (χ4n) is 3.90. The lowest BCUT2D eigenvalue weighted by molar-refractivity contribution is 0.0679. The molecule has 0 saturated carbocycles. The summed E-state index contributed by atoms with van der Waals surface area (Å²) >= 11 is 0. The van der Waals surface area contributed by atoms with E-state index in [2.05, 4.69) is 5.32 Å². The highest BCUT2D eigenvalue weighted by Crippen LogP contribution is 2.21. The van der Waals surface area contributed by atoms with Gasteiger partial charge in [0.25, 0.3) is 11.8 Å². The second-order valence-electron chi connectivity index (χ2n) is 7.45. The van der Waals surface area contributed by atoms with Gasteiger partial charge in [0.1, 0.15) is 5.82 Å². The summed E-state index contributed by atoms with van der Waals surface area (Å²) in [7, 11) is 0. The summed E-state index contributed by atoms with van der Waals surface area (Å²) in [6, 6.07) is 19.7. The van der Waals surface area contributed by atoms with Crippen molar-refractivity contribution < 1.29 is 14.0 Å². The maximum Gasteiger partial charge on any atom is 0.256 e. The number of likely N-dealkylation sites (tertiary alicyclic amines) is 1. The lowest BCUT2D eigenvalue weighted by Crippen LogP contribution is -2.41. The predicted molar refractivity (Wildman–Crippen MR) is 111 cm³/mol.